The molecule has 0 saturated carbocycles. The van der Waals surface area contributed by atoms with Crippen molar-refractivity contribution in [3.8, 4) is 0 Å². The molecule has 3 amide bonds. The van der Waals surface area contributed by atoms with Gasteiger partial charge in [-0.25, -0.2) is 9.59 Å². The van der Waals surface area contributed by atoms with Crippen LogP contribution in [0.2, 0.25) is 0 Å². The van der Waals surface area contributed by atoms with Gasteiger partial charge in [-0.1, -0.05) is 0 Å². The van der Waals surface area contributed by atoms with Crippen molar-refractivity contribution in [2.24, 2.45) is 0 Å². The van der Waals surface area contributed by atoms with E-state index in [0.717, 1.165) is 11.3 Å². The van der Waals surface area contributed by atoms with Crippen LogP contribution >= 0.6 is 0 Å². The van der Waals surface area contributed by atoms with E-state index in [4.69, 9.17) is 9.47 Å². The van der Waals surface area contributed by atoms with Crippen molar-refractivity contribution >= 4 is 29.5 Å². The minimum absolute atomic E-state index is 0.168. The van der Waals surface area contributed by atoms with Gasteiger partial charge in [-0.2, -0.15) is 0 Å². The van der Waals surface area contributed by atoms with Crippen molar-refractivity contribution in [2.45, 2.75) is 19.6 Å². The molecule has 0 bridgehead atoms. The Labute approximate surface area is 132 Å². The Balaban J connectivity index is 1.76. The molecule has 0 radical (unpaired) electrons. The number of hydrogen-bond donors (Lipinski definition) is 1. The van der Waals surface area contributed by atoms with E-state index in [1.165, 1.54) is 16.7 Å². The van der Waals surface area contributed by atoms with Crippen molar-refractivity contribution < 1.29 is 23.9 Å². The standard InChI is InChI=1S/C15H17N3O5/c1-9(19)16-6-12-7-18(15(21)23-12)11-3-4-13-10(5-11)8-22-14(20)17(13)2/h3-5,12H,6-8H2,1-2H3,(H,16,19)/t12-/m0/s1. The lowest BCUT2D eigenvalue weighted by atomic mass is 10.1. The molecular weight excluding hydrogens is 302 g/mol. The highest BCUT2D eigenvalue weighted by Gasteiger charge is 2.33. The molecule has 23 heavy (non-hydrogen) atoms. The van der Waals surface area contributed by atoms with Crippen LogP contribution in [0.5, 0.6) is 0 Å². The lowest BCUT2D eigenvalue weighted by Gasteiger charge is -2.26. The van der Waals surface area contributed by atoms with Gasteiger partial charge in [0.05, 0.1) is 18.8 Å². The van der Waals surface area contributed by atoms with Crippen LogP contribution in [0.15, 0.2) is 18.2 Å². The highest BCUT2D eigenvalue weighted by molar-refractivity contribution is 5.93. The predicted molar refractivity (Wildman–Crippen MR) is 81.3 cm³/mol. The van der Waals surface area contributed by atoms with Crippen molar-refractivity contribution in [3.63, 3.8) is 0 Å². The number of carbonyl (C=O) groups excluding carboxylic acids is 3. The lowest BCUT2D eigenvalue weighted by Crippen LogP contribution is -2.33. The number of nitrogens with zero attached hydrogens (tertiary/aromatic N) is 2. The molecule has 0 spiro atoms. The zero-order chi connectivity index (χ0) is 16.6. The molecule has 1 aromatic rings. The van der Waals surface area contributed by atoms with E-state index in [9.17, 15) is 14.4 Å². The topological polar surface area (TPSA) is 88.2 Å². The van der Waals surface area contributed by atoms with Crippen molar-refractivity contribution in [1.82, 2.24) is 5.32 Å². The molecule has 2 heterocycles. The SMILES string of the molecule is CC(=O)NC[C@H]1CN(c2ccc3c(c2)COC(=O)N3C)C(=O)O1. The first-order valence-electron chi connectivity index (χ1n) is 7.21. The van der Waals surface area contributed by atoms with Gasteiger partial charge in [0, 0.05) is 25.2 Å². The molecule has 8 heteroatoms. The van der Waals surface area contributed by atoms with Crippen LogP contribution in [0.4, 0.5) is 21.0 Å². The van der Waals surface area contributed by atoms with Crippen LogP contribution in [0.1, 0.15) is 12.5 Å². The summed E-state index contributed by atoms with van der Waals surface area (Å²) >= 11 is 0. The van der Waals surface area contributed by atoms with E-state index in [0.29, 0.717) is 12.2 Å². The Morgan fingerprint density at radius 3 is 2.87 bits per heavy atom. The molecule has 0 aromatic heterocycles. The third-order valence-corrected chi connectivity index (χ3v) is 3.81. The molecule has 1 fully saturated rings. The monoisotopic (exact) mass is 319 g/mol. The van der Waals surface area contributed by atoms with Gasteiger partial charge in [0.2, 0.25) is 5.91 Å². The quantitative estimate of drug-likeness (QED) is 0.905. The molecule has 3 rings (SSSR count). The second-order valence-electron chi connectivity index (χ2n) is 5.48. The first-order chi connectivity index (χ1) is 11.0. The molecule has 2 aliphatic heterocycles. The number of anilines is 2. The van der Waals surface area contributed by atoms with Crippen molar-refractivity contribution in [3.05, 3.63) is 23.8 Å². The smallest absolute Gasteiger partial charge is 0.414 e. The maximum atomic E-state index is 12.0. The van der Waals surface area contributed by atoms with Crippen LogP contribution in [0.25, 0.3) is 0 Å². The molecule has 122 valence electrons. The molecule has 1 atom stereocenters. The maximum absolute atomic E-state index is 12.0. The van der Waals surface area contributed by atoms with E-state index in [1.54, 1.807) is 25.2 Å². The van der Waals surface area contributed by atoms with Crippen molar-refractivity contribution in [1.29, 1.82) is 0 Å². The first kappa shape index (κ1) is 15.1. The van der Waals surface area contributed by atoms with Crippen LogP contribution in [0.3, 0.4) is 0 Å². The molecule has 0 unspecified atom stereocenters. The Hall–Kier alpha value is -2.77. The van der Waals surface area contributed by atoms with Gasteiger partial charge in [0.1, 0.15) is 12.7 Å². The predicted octanol–water partition coefficient (Wildman–Crippen LogP) is 1.23. The van der Waals surface area contributed by atoms with Crippen LogP contribution < -0.4 is 15.1 Å². The number of benzene rings is 1. The molecule has 2 aliphatic rings. The number of nitrogens with one attached hydrogen (secondary N) is 1. The summed E-state index contributed by atoms with van der Waals surface area (Å²) in [6.45, 7) is 2.22. The lowest BCUT2D eigenvalue weighted by molar-refractivity contribution is -0.119. The fourth-order valence-electron chi connectivity index (χ4n) is 2.61. The van der Waals surface area contributed by atoms with Crippen molar-refractivity contribution in [2.75, 3.05) is 29.9 Å². The summed E-state index contributed by atoms with van der Waals surface area (Å²) in [4.78, 5) is 37.4. The summed E-state index contributed by atoms with van der Waals surface area (Å²) in [6.07, 6.45) is -1.24. The van der Waals surface area contributed by atoms with E-state index < -0.39 is 12.2 Å². The maximum Gasteiger partial charge on any atom is 0.414 e. The Bertz CT molecular complexity index is 675. The van der Waals surface area contributed by atoms with Gasteiger partial charge in [-0.3, -0.25) is 14.6 Å². The number of ether oxygens (including phenoxy) is 2. The van der Waals surface area contributed by atoms with Gasteiger partial charge in [-0.15, -0.1) is 0 Å². The van der Waals surface area contributed by atoms with Gasteiger partial charge in [0.15, 0.2) is 0 Å². The number of rotatable bonds is 3. The summed E-state index contributed by atoms with van der Waals surface area (Å²) in [5.41, 5.74) is 2.25. The van der Waals surface area contributed by atoms with E-state index >= 15 is 0 Å². The minimum atomic E-state index is -0.457. The second kappa shape index (κ2) is 5.79. The summed E-state index contributed by atoms with van der Waals surface area (Å²) in [7, 11) is 1.63. The van der Waals surface area contributed by atoms with E-state index in [2.05, 4.69) is 5.32 Å². The minimum Gasteiger partial charge on any atom is -0.444 e. The molecular formula is C15H17N3O5. The highest BCUT2D eigenvalue weighted by Crippen LogP contribution is 2.31. The van der Waals surface area contributed by atoms with Crippen LogP contribution in [-0.2, 0) is 20.9 Å². The average Bonchev–Trinajstić information content (AvgIpc) is 2.90. The third-order valence-electron chi connectivity index (χ3n) is 3.81. The average molecular weight is 319 g/mol. The first-order valence-corrected chi connectivity index (χ1v) is 7.21. The molecule has 1 saturated heterocycles. The zero-order valence-corrected chi connectivity index (χ0v) is 12.9. The fraction of sp³-hybridized carbons (Fsp3) is 0.400. The van der Waals surface area contributed by atoms with Gasteiger partial charge >= 0.3 is 12.2 Å². The van der Waals surface area contributed by atoms with Crippen LogP contribution in [-0.4, -0.2) is 44.3 Å². The third kappa shape index (κ3) is 2.92. The Morgan fingerprint density at radius 1 is 1.35 bits per heavy atom. The number of hydrogen-bond acceptors (Lipinski definition) is 5. The fourth-order valence-corrected chi connectivity index (χ4v) is 2.61. The normalized spacial score (nSPS) is 20.0. The van der Waals surface area contributed by atoms with Gasteiger partial charge in [0.25, 0.3) is 0 Å². The summed E-state index contributed by atoms with van der Waals surface area (Å²) in [6, 6.07) is 5.34. The molecule has 8 nitrogen and oxygen atoms in total. The second-order valence-corrected chi connectivity index (χ2v) is 5.48. The van der Waals surface area contributed by atoms with Gasteiger partial charge < -0.3 is 14.8 Å². The number of cyclic esters (lactones) is 2. The summed E-state index contributed by atoms with van der Waals surface area (Å²) < 4.78 is 10.3. The number of fused-ring (bicyclic) bond motifs is 1. The summed E-state index contributed by atoms with van der Waals surface area (Å²) in [5.74, 6) is -0.168. The Kier molecular flexibility index (Phi) is 3.81. The van der Waals surface area contributed by atoms with Gasteiger partial charge in [-0.05, 0) is 18.2 Å². The molecule has 1 N–H and O–H groups in total. The largest absolute Gasteiger partial charge is 0.444 e. The van der Waals surface area contributed by atoms with E-state index in [1.807, 2.05) is 0 Å². The highest BCUT2D eigenvalue weighted by atomic mass is 16.6. The molecule has 0 aliphatic carbocycles. The number of amides is 3. The number of carbonyl (C=O) groups is 3. The Morgan fingerprint density at radius 2 is 2.13 bits per heavy atom. The zero-order valence-electron chi connectivity index (χ0n) is 12.9. The van der Waals surface area contributed by atoms with E-state index in [-0.39, 0.29) is 25.2 Å². The van der Waals surface area contributed by atoms with Crippen LogP contribution in [0, 0.1) is 0 Å². The molecule has 1 aromatic carbocycles. The summed E-state index contributed by atoms with van der Waals surface area (Å²) in [5, 5.41) is 2.63.